The minimum absolute atomic E-state index is 0.0605. The van der Waals surface area contributed by atoms with E-state index in [9.17, 15) is 9.90 Å². The number of quaternary nitrogens is 2. The number of fused-ring (bicyclic) bond motifs is 1. The van der Waals surface area contributed by atoms with Crippen molar-refractivity contribution in [2.24, 2.45) is 11.8 Å². The van der Waals surface area contributed by atoms with Crippen LogP contribution in [0.4, 0.5) is 0 Å². The molecule has 110 valence electrons. The van der Waals surface area contributed by atoms with Crippen LogP contribution in [0.2, 0.25) is 6.32 Å². The van der Waals surface area contributed by atoms with Gasteiger partial charge in [0.2, 0.25) is 5.54 Å². The molecule has 0 aromatic carbocycles. The second-order valence-electron chi connectivity index (χ2n) is 6.19. The summed E-state index contributed by atoms with van der Waals surface area (Å²) in [5, 5.41) is 38.5. The SMILES string of the molecule is [NH3+][C@]1(C(=O)O)[C@@H](CCC[B-](O)(O)O)C[C@H]2[NH2+]CC[C@H]21. The molecule has 1 heterocycles. The molecule has 0 spiro atoms. The van der Waals surface area contributed by atoms with Crippen molar-refractivity contribution in [2.75, 3.05) is 6.54 Å². The van der Waals surface area contributed by atoms with Gasteiger partial charge in [-0.1, -0.05) is 12.7 Å². The first kappa shape index (κ1) is 14.7. The lowest BCUT2D eigenvalue weighted by Gasteiger charge is -2.28. The zero-order valence-electron chi connectivity index (χ0n) is 11.0. The highest BCUT2D eigenvalue weighted by Crippen LogP contribution is 2.42. The highest BCUT2D eigenvalue weighted by Gasteiger charge is 2.64. The van der Waals surface area contributed by atoms with Crippen molar-refractivity contribution in [3.63, 3.8) is 0 Å². The van der Waals surface area contributed by atoms with Gasteiger partial charge < -0.3 is 31.2 Å². The molecule has 0 bridgehead atoms. The molecule has 2 fully saturated rings. The molecule has 0 amide bonds. The summed E-state index contributed by atoms with van der Waals surface area (Å²) in [7, 11) is 0. The number of carboxylic acid groups (broad SMARTS) is 1. The van der Waals surface area contributed by atoms with Crippen LogP contribution in [0.25, 0.3) is 0 Å². The van der Waals surface area contributed by atoms with Crippen LogP contribution in [0.15, 0.2) is 0 Å². The Hall–Kier alpha value is -0.665. The first-order chi connectivity index (χ1) is 8.75. The van der Waals surface area contributed by atoms with Crippen molar-refractivity contribution in [1.29, 1.82) is 0 Å². The average molecular weight is 275 g/mol. The van der Waals surface area contributed by atoms with Gasteiger partial charge in [-0.2, -0.15) is 0 Å². The Morgan fingerprint density at radius 3 is 2.68 bits per heavy atom. The molecular formula is C11H24BN2O5+. The minimum atomic E-state index is -3.27. The van der Waals surface area contributed by atoms with Crippen LogP contribution < -0.4 is 11.1 Å². The van der Waals surface area contributed by atoms with Crippen LogP contribution in [0, 0.1) is 11.8 Å². The van der Waals surface area contributed by atoms with E-state index in [0.29, 0.717) is 18.9 Å². The predicted octanol–water partition coefficient (Wildman–Crippen LogP) is -3.28. The summed E-state index contributed by atoms with van der Waals surface area (Å²) in [6.07, 6.45) is 2.54. The van der Waals surface area contributed by atoms with E-state index < -0.39 is 18.3 Å². The number of hydrogen-bond acceptors (Lipinski definition) is 4. The molecule has 0 aromatic heterocycles. The second-order valence-corrected chi connectivity index (χ2v) is 6.19. The molecule has 0 aromatic rings. The highest BCUT2D eigenvalue weighted by atomic mass is 16.5. The summed E-state index contributed by atoms with van der Waals surface area (Å²) in [6.45, 7) is -2.30. The van der Waals surface area contributed by atoms with Crippen molar-refractivity contribution < 1.29 is 36.0 Å². The Bertz CT molecular complexity index is 361. The summed E-state index contributed by atoms with van der Waals surface area (Å²) < 4.78 is 0. The Morgan fingerprint density at radius 2 is 2.11 bits per heavy atom. The monoisotopic (exact) mass is 275 g/mol. The summed E-state index contributed by atoms with van der Waals surface area (Å²) in [4.78, 5) is 11.6. The molecule has 1 aliphatic carbocycles. The third-order valence-corrected chi connectivity index (χ3v) is 4.95. The zero-order valence-corrected chi connectivity index (χ0v) is 11.0. The van der Waals surface area contributed by atoms with E-state index in [4.69, 9.17) is 15.1 Å². The fourth-order valence-electron chi connectivity index (χ4n) is 3.96. The van der Waals surface area contributed by atoms with Crippen LogP contribution in [-0.2, 0) is 4.79 Å². The third kappa shape index (κ3) is 2.77. The maximum absolute atomic E-state index is 11.6. The number of nitrogens with two attached hydrogens (primary N) is 1. The molecule has 2 aliphatic rings. The lowest BCUT2D eigenvalue weighted by Crippen LogP contribution is -2.88. The standard InChI is InChI=1S/C11H22BN2O5/c13-11(10(15)16)7(2-1-4-12(17,18)19)6-9-8(11)3-5-14-9/h7-9,14,17-19H,1-6,13H2,(H,15,16)/q-1/p+2/t7-,8+,9+,11+/m0/s1. The molecular weight excluding hydrogens is 251 g/mol. The molecule has 1 saturated carbocycles. The second kappa shape index (κ2) is 5.03. The summed E-state index contributed by atoms with van der Waals surface area (Å²) in [5.74, 6) is -0.814. The summed E-state index contributed by atoms with van der Waals surface area (Å²) >= 11 is 0. The van der Waals surface area contributed by atoms with Crippen molar-refractivity contribution in [3.05, 3.63) is 0 Å². The summed E-state index contributed by atoms with van der Waals surface area (Å²) in [6, 6.07) is 0.325. The van der Waals surface area contributed by atoms with Gasteiger partial charge in [0.25, 0.3) is 0 Å². The molecule has 7 nitrogen and oxygen atoms in total. The van der Waals surface area contributed by atoms with Gasteiger partial charge >= 0.3 is 12.7 Å². The minimum Gasteiger partial charge on any atom is -0.560 e. The smallest absolute Gasteiger partial charge is 0.371 e. The van der Waals surface area contributed by atoms with Crippen LogP contribution in [0.5, 0.6) is 0 Å². The number of carboxylic acids is 1. The van der Waals surface area contributed by atoms with Gasteiger partial charge in [-0.05, 0) is 6.42 Å². The number of hydrogen-bond donors (Lipinski definition) is 6. The molecule has 1 aliphatic heterocycles. The van der Waals surface area contributed by atoms with Crippen molar-refractivity contribution in [3.8, 4) is 0 Å². The number of carbonyl (C=O) groups is 1. The Balaban J connectivity index is 2.01. The maximum Gasteiger partial charge on any atom is 0.371 e. The molecule has 9 N–H and O–H groups in total. The quantitative estimate of drug-likeness (QED) is 0.292. The largest absolute Gasteiger partial charge is 0.560 e. The van der Waals surface area contributed by atoms with Gasteiger partial charge in [-0.25, -0.2) is 4.79 Å². The van der Waals surface area contributed by atoms with E-state index >= 15 is 0 Å². The fraction of sp³-hybridized carbons (Fsp3) is 0.909. The highest BCUT2D eigenvalue weighted by molar-refractivity contribution is 6.56. The molecule has 1 saturated heterocycles. The first-order valence-corrected chi connectivity index (χ1v) is 7.00. The molecule has 8 heteroatoms. The number of rotatable bonds is 5. The lowest BCUT2D eigenvalue weighted by atomic mass is 9.71. The van der Waals surface area contributed by atoms with Crippen LogP contribution >= 0.6 is 0 Å². The van der Waals surface area contributed by atoms with E-state index in [1.807, 2.05) is 0 Å². The van der Waals surface area contributed by atoms with Gasteiger partial charge in [-0.15, -0.1) is 0 Å². The van der Waals surface area contributed by atoms with E-state index in [-0.39, 0.29) is 18.2 Å². The Kier molecular flexibility index (Phi) is 3.90. The third-order valence-electron chi connectivity index (χ3n) is 4.95. The average Bonchev–Trinajstić information content (AvgIpc) is 2.81. The van der Waals surface area contributed by atoms with E-state index in [0.717, 1.165) is 19.4 Å². The van der Waals surface area contributed by atoms with Crippen LogP contribution in [-0.4, -0.2) is 51.0 Å². The van der Waals surface area contributed by atoms with Crippen molar-refractivity contribution in [2.45, 2.75) is 43.6 Å². The van der Waals surface area contributed by atoms with E-state index in [1.165, 1.54) is 0 Å². The molecule has 2 rings (SSSR count). The fourth-order valence-corrected chi connectivity index (χ4v) is 3.96. The van der Waals surface area contributed by atoms with Gasteiger partial charge in [0, 0.05) is 18.8 Å². The number of aliphatic carboxylic acids is 1. The Morgan fingerprint density at radius 1 is 1.42 bits per heavy atom. The van der Waals surface area contributed by atoms with Gasteiger partial charge in [0.15, 0.2) is 0 Å². The van der Waals surface area contributed by atoms with E-state index in [1.54, 1.807) is 0 Å². The van der Waals surface area contributed by atoms with Crippen molar-refractivity contribution in [1.82, 2.24) is 0 Å². The van der Waals surface area contributed by atoms with Crippen molar-refractivity contribution >= 4 is 12.7 Å². The lowest BCUT2D eigenvalue weighted by molar-refractivity contribution is -0.673. The topological polar surface area (TPSA) is 142 Å². The van der Waals surface area contributed by atoms with Gasteiger partial charge in [0.1, 0.15) is 0 Å². The van der Waals surface area contributed by atoms with Crippen LogP contribution in [0.3, 0.4) is 0 Å². The molecule has 4 atom stereocenters. The van der Waals surface area contributed by atoms with Crippen LogP contribution in [0.1, 0.15) is 25.7 Å². The van der Waals surface area contributed by atoms with Gasteiger partial charge in [-0.3, -0.25) is 0 Å². The zero-order chi connectivity index (χ0) is 14.3. The molecule has 0 radical (unpaired) electrons. The normalized spacial score (nSPS) is 38.4. The first-order valence-electron chi connectivity index (χ1n) is 7.00. The molecule has 19 heavy (non-hydrogen) atoms. The molecule has 0 unspecified atom stereocenters. The Labute approximate surface area is 111 Å². The predicted molar refractivity (Wildman–Crippen MR) is 66.5 cm³/mol. The van der Waals surface area contributed by atoms with Gasteiger partial charge in [0.05, 0.1) is 18.5 Å². The summed E-state index contributed by atoms with van der Waals surface area (Å²) in [5.41, 5.74) is 3.04. The van der Waals surface area contributed by atoms with E-state index in [2.05, 4.69) is 11.1 Å². The maximum atomic E-state index is 11.6.